The lowest BCUT2D eigenvalue weighted by Gasteiger charge is -2.23. The number of hydrogen-bond acceptors (Lipinski definition) is 5. The first-order valence-corrected chi connectivity index (χ1v) is 9.05. The van der Waals surface area contributed by atoms with E-state index in [1.54, 1.807) is 23.6 Å². The summed E-state index contributed by atoms with van der Waals surface area (Å²) >= 11 is 1.69. The van der Waals surface area contributed by atoms with Crippen LogP contribution in [0.15, 0.2) is 29.8 Å². The van der Waals surface area contributed by atoms with Crippen LogP contribution in [0.5, 0.6) is 0 Å². The van der Waals surface area contributed by atoms with Crippen LogP contribution in [0, 0.1) is 0 Å². The monoisotopic (exact) mass is 341 g/mol. The molecule has 3 N–H and O–H groups in total. The van der Waals surface area contributed by atoms with E-state index in [-0.39, 0.29) is 11.9 Å². The van der Waals surface area contributed by atoms with Crippen molar-refractivity contribution in [2.24, 2.45) is 0 Å². The van der Waals surface area contributed by atoms with Crippen molar-refractivity contribution in [2.45, 2.75) is 25.3 Å². The van der Waals surface area contributed by atoms with Gasteiger partial charge in [0.25, 0.3) is 5.91 Å². The molecule has 1 amide bonds. The third-order valence-electron chi connectivity index (χ3n) is 4.23. The highest BCUT2D eigenvalue weighted by Gasteiger charge is 2.19. The zero-order chi connectivity index (χ0) is 16.4. The predicted molar refractivity (Wildman–Crippen MR) is 94.4 cm³/mol. The number of fused-ring (bicyclic) bond motifs is 1. The molecule has 1 fully saturated rings. The minimum absolute atomic E-state index is 0.0785. The van der Waals surface area contributed by atoms with Gasteiger partial charge in [-0.2, -0.15) is 0 Å². The maximum atomic E-state index is 12.6. The van der Waals surface area contributed by atoms with E-state index in [1.165, 1.54) is 4.88 Å². The number of thiophene rings is 1. The summed E-state index contributed by atoms with van der Waals surface area (Å²) in [6.07, 6.45) is 4.48. The number of piperidine rings is 1. The maximum absolute atomic E-state index is 12.6. The summed E-state index contributed by atoms with van der Waals surface area (Å²) in [5.41, 5.74) is 1.89. The summed E-state index contributed by atoms with van der Waals surface area (Å²) in [4.78, 5) is 26.0. The van der Waals surface area contributed by atoms with Crippen molar-refractivity contribution in [3.63, 3.8) is 0 Å². The quantitative estimate of drug-likeness (QED) is 0.679. The molecule has 1 aliphatic rings. The number of H-pyrrole nitrogens is 1. The number of imidazole rings is 1. The van der Waals surface area contributed by atoms with Crippen LogP contribution < -0.4 is 10.6 Å². The minimum atomic E-state index is -0.0785. The molecule has 3 aromatic rings. The molecule has 4 rings (SSSR count). The molecule has 1 atom stereocenters. The van der Waals surface area contributed by atoms with Crippen LogP contribution in [0.1, 0.15) is 33.9 Å². The van der Waals surface area contributed by atoms with Crippen molar-refractivity contribution in [1.29, 1.82) is 0 Å². The smallest absolute Gasteiger partial charge is 0.253 e. The first-order valence-electron chi connectivity index (χ1n) is 8.17. The van der Waals surface area contributed by atoms with E-state index in [0.717, 1.165) is 38.2 Å². The lowest BCUT2D eigenvalue weighted by molar-refractivity contribution is 0.0932. The fourth-order valence-corrected chi connectivity index (χ4v) is 3.75. The van der Waals surface area contributed by atoms with Gasteiger partial charge in [0, 0.05) is 30.1 Å². The summed E-state index contributed by atoms with van der Waals surface area (Å²) in [5, 5.41) is 8.46. The Morgan fingerprint density at radius 3 is 3.17 bits per heavy atom. The molecule has 1 saturated heterocycles. The van der Waals surface area contributed by atoms with Crippen molar-refractivity contribution in [2.75, 3.05) is 13.1 Å². The number of hydrogen-bond donors (Lipinski definition) is 3. The highest BCUT2D eigenvalue weighted by molar-refractivity contribution is 7.09. The third kappa shape index (κ3) is 3.18. The van der Waals surface area contributed by atoms with E-state index < -0.39 is 0 Å². The average Bonchev–Trinajstić information content (AvgIpc) is 3.24. The summed E-state index contributed by atoms with van der Waals surface area (Å²) in [6, 6.07) is 6.02. The average molecular weight is 341 g/mol. The van der Waals surface area contributed by atoms with E-state index in [2.05, 4.69) is 31.7 Å². The molecule has 0 bridgehead atoms. The van der Waals surface area contributed by atoms with Gasteiger partial charge in [-0.3, -0.25) is 4.79 Å². The van der Waals surface area contributed by atoms with Gasteiger partial charge in [-0.05, 0) is 36.9 Å². The first-order chi connectivity index (χ1) is 11.8. The Hall–Kier alpha value is -2.25. The van der Waals surface area contributed by atoms with Crippen LogP contribution in [0.4, 0.5) is 0 Å². The molecule has 0 aliphatic carbocycles. The summed E-state index contributed by atoms with van der Waals surface area (Å²) in [7, 11) is 0. The zero-order valence-corrected chi connectivity index (χ0v) is 14.0. The van der Waals surface area contributed by atoms with Gasteiger partial charge in [-0.15, -0.1) is 11.3 Å². The van der Waals surface area contributed by atoms with Crippen molar-refractivity contribution in [1.82, 2.24) is 25.6 Å². The molecule has 0 spiro atoms. The van der Waals surface area contributed by atoms with Crippen LogP contribution in [0.3, 0.4) is 0 Å². The van der Waals surface area contributed by atoms with Crippen molar-refractivity contribution in [3.8, 4) is 0 Å². The van der Waals surface area contributed by atoms with Gasteiger partial charge in [-0.25, -0.2) is 9.97 Å². The Bertz CT molecular complexity index is 836. The number of nitrogens with one attached hydrogen (secondary N) is 3. The zero-order valence-electron chi connectivity index (χ0n) is 13.2. The number of pyridine rings is 1. The van der Waals surface area contributed by atoms with Crippen LogP contribution in [-0.2, 0) is 6.42 Å². The van der Waals surface area contributed by atoms with Crippen LogP contribution in [0.25, 0.3) is 11.2 Å². The molecule has 6 nitrogen and oxygen atoms in total. The topological polar surface area (TPSA) is 82.7 Å². The highest BCUT2D eigenvalue weighted by Crippen LogP contribution is 2.18. The summed E-state index contributed by atoms with van der Waals surface area (Å²) in [5.74, 6) is 0.754. The molecule has 3 aromatic heterocycles. The molecule has 7 heteroatoms. The Labute approximate surface area is 143 Å². The van der Waals surface area contributed by atoms with E-state index in [9.17, 15) is 4.79 Å². The number of carbonyl (C=O) groups is 1. The SMILES string of the molecule is O=C(N[C@H]1CCCNC1)c1ccnc2[nH]c(Cc3cccs3)nc12. The standard InChI is InChI=1S/C17H19N5OS/c23-17(20-11-3-1-6-18-10-11)13-5-7-19-16-15(13)21-14(22-16)9-12-4-2-8-24-12/h2,4-5,7-8,11,18H,1,3,6,9-10H2,(H,20,23)(H,19,21,22)/t11-/m0/s1. The molecule has 0 saturated carbocycles. The fraction of sp³-hybridized carbons (Fsp3) is 0.353. The lowest BCUT2D eigenvalue weighted by Crippen LogP contribution is -2.45. The summed E-state index contributed by atoms with van der Waals surface area (Å²) in [6.45, 7) is 1.85. The van der Waals surface area contributed by atoms with Gasteiger partial charge in [-0.1, -0.05) is 6.07 Å². The molecular weight excluding hydrogens is 322 g/mol. The lowest BCUT2D eigenvalue weighted by atomic mass is 10.1. The third-order valence-corrected chi connectivity index (χ3v) is 5.11. The fourth-order valence-electron chi connectivity index (χ4n) is 3.04. The second kappa shape index (κ2) is 6.70. The molecular formula is C17H19N5OS. The van der Waals surface area contributed by atoms with Gasteiger partial charge in [0.15, 0.2) is 5.65 Å². The number of rotatable bonds is 4. The second-order valence-electron chi connectivity index (χ2n) is 6.01. The van der Waals surface area contributed by atoms with E-state index in [0.29, 0.717) is 16.7 Å². The van der Waals surface area contributed by atoms with Gasteiger partial charge in [0.2, 0.25) is 0 Å². The van der Waals surface area contributed by atoms with Crippen LogP contribution in [0.2, 0.25) is 0 Å². The molecule has 4 heterocycles. The Morgan fingerprint density at radius 2 is 2.38 bits per heavy atom. The molecule has 0 radical (unpaired) electrons. The molecule has 124 valence electrons. The minimum Gasteiger partial charge on any atom is -0.348 e. The van der Waals surface area contributed by atoms with Gasteiger partial charge in [0.1, 0.15) is 11.3 Å². The predicted octanol–water partition coefficient (Wildman–Crippen LogP) is 2.09. The second-order valence-corrected chi connectivity index (χ2v) is 7.04. The van der Waals surface area contributed by atoms with E-state index in [4.69, 9.17) is 0 Å². The van der Waals surface area contributed by atoms with E-state index in [1.807, 2.05) is 11.4 Å². The Balaban J connectivity index is 1.58. The van der Waals surface area contributed by atoms with Gasteiger partial charge in [0.05, 0.1) is 5.56 Å². The van der Waals surface area contributed by atoms with Crippen LogP contribution >= 0.6 is 11.3 Å². The largest absolute Gasteiger partial charge is 0.348 e. The highest BCUT2D eigenvalue weighted by atomic mass is 32.1. The van der Waals surface area contributed by atoms with Gasteiger partial charge >= 0.3 is 0 Å². The Kier molecular flexibility index (Phi) is 4.27. The number of aromatic nitrogens is 3. The van der Waals surface area contributed by atoms with Crippen molar-refractivity contribution < 1.29 is 4.79 Å². The molecule has 0 aromatic carbocycles. The molecule has 0 unspecified atom stereocenters. The first kappa shape index (κ1) is 15.3. The van der Waals surface area contributed by atoms with Crippen molar-refractivity contribution >= 4 is 28.4 Å². The molecule has 1 aliphatic heterocycles. The maximum Gasteiger partial charge on any atom is 0.253 e. The number of aromatic amines is 1. The van der Waals surface area contributed by atoms with E-state index >= 15 is 0 Å². The number of carbonyl (C=O) groups excluding carboxylic acids is 1. The van der Waals surface area contributed by atoms with Crippen molar-refractivity contribution in [3.05, 3.63) is 46.0 Å². The normalized spacial score (nSPS) is 17.9. The van der Waals surface area contributed by atoms with Crippen LogP contribution in [-0.4, -0.2) is 40.0 Å². The van der Waals surface area contributed by atoms with Gasteiger partial charge < -0.3 is 15.6 Å². The number of nitrogens with zero attached hydrogens (tertiary/aromatic N) is 2. The Morgan fingerprint density at radius 1 is 1.42 bits per heavy atom. The molecule has 24 heavy (non-hydrogen) atoms. The summed E-state index contributed by atoms with van der Waals surface area (Å²) < 4.78 is 0. The number of amides is 1.